The summed E-state index contributed by atoms with van der Waals surface area (Å²) in [5, 5.41) is 16.2. The van der Waals surface area contributed by atoms with E-state index in [2.05, 4.69) is 42.1 Å². The van der Waals surface area contributed by atoms with E-state index < -0.39 is 6.04 Å². The van der Waals surface area contributed by atoms with Crippen molar-refractivity contribution >= 4 is 57.3 Å². The molecule has 7 N–H and O–H groups in total. The Kier molecular flexibility index (Phi) is 8.87. The second kappa shape index (κ2) is 12.7. The van der Waals surface area contributed by atoms with Crippen molar-refractivity contribution in [3.05, 3.63) is 76.9 Å². The van der Waals surface area contributed by atoms with E-state index in [4.69, 9.17) is 40.5 Å². The minimum Gasteiger partial charge on any atom is -0.399 e. The van der Waals surface area contributed by atoms with Crippen molar-refractivity contribution in [1.29, 1.82) is 5.26 Å². The number of hydrogen-bond acceptors (Lipinski definition) is 8. The average Bonchev–Trinajstić information content (AvgIpc) is 2.98. The largest absolute Gasteiger partial charge is 0.399 e. The smallest absolute Gasteiger partial charge is 0.254 e. The second-order valence-electron chi connectivity index (χ2n) is 14.5. The molecule has 13 heteroatoms. The van der Waals surface area contributed by atoms with Crippen LogP contribution in [0.15, 0.2) is 71.3 Å². The number of nitrogens with zero attached hydrogens (tertiary/aromatic N) is 6. The number of aliphatic imine (C=N–C) groups is 1. The van der Waals surface area contributed by atoms with Crippen LogP contribution in [0.1, 0.15) is 45.6 Å². The highest BCUT2D eigenvalue weighted by Crippen LogP contribution is 2.60. The number of guanidine groups is 1. The third kappa shape index (κ3) is 5.97. The molecule has 2 unspecified atom stereocenters. The van der Waals surface area contributed by atoms with Crippen LogP contribution in [0, 0.1) is 34.5 Å². The van der Waals surface area contributed by atoms with Crippen LogP contribution in [0.3, 0.4) is 0 Å². The highest BCUT2D eigenvalue weighted by molar-refractivity contribution is 6.36. The van der Waals surface area contributed by atoms with E-state index in [0.717, 1.165) is 19.3 Å². The second-order valence-corrected chi connectivity index (χ2v) is 15.1. The molecule has 1 aliphatic heterocycles. The summed E-state index contributed by atoms with van der Waals surface area (Å²) in [6.07, 6.45) is 15.9. The van der Waals surface area contributed by atoms with Gasteiger partial charge in [0.25, 0.3) is 5.91 Å². The van der Waals surface area contributed by atoms with Gasteiger partial charge in [-0.05, 0) is 42.7 Å². The number of hydrazine groups is 1. The van der Waals surface area contributed by atoms with Gasteiger partial charge < -0.3 is 31.6 Å². The van der Waals surface area contributed by atoms with E-state index in [0.29, 0.717) is 56.6 Å². The molecule has 3 fully saturated rings. The topological polar surface area (TPSA) is 166 Å². The molecule has 2 heterocycles. The van der Waals surface area contributed by atoms with E-state index in [1.807, 2.05) is 30.4 Å². The van der Waals surface area contributed by atoms with Crippen LogP contribution in [0.4, 0.5) is 11.4 Å². The number of nitrogens with two attached hydrogens (primary N) is 3. The lowest BCUT2D eigenvalue weighted by Gasteiger charge is -2.65. The number of nitriles is 1. The van der Waals surface area contributed by atoms with Crippen LogP contribution in [-0.4, -0.2) is 57.9 Å². The number of nitrogens with one attached hydrogen (secondary N) is 1. The number of benzene rings is 1. The van der Waals surface area contributed by atoms with Crippen molar-refractivity contribution in [3.63, 3.8) is 0 Å². The number of anilines is 2. The van der Waals surface area contributed by atoms with Crippen molar-refractivity contribution in [2.75, 3.05) is 29.8 Å². The lowest BCUT2D eigenvalue weighted by Crippen LogP contribution is -2.69. The van der Waals surface area contributed by atoms with E-state index in [1.54, 1.807) is 40.3 Å². The van der Waals surface area contributed by atoms with Crippen molar-refractivity contribution in [1.82, 2.24) is 14.9 Å². The van der Waals surface area contributed by atoms with Gasteiger partial charge in [0.05, 0.1) is 33.4 Å². The first kappa shape index (κ1) is 33.7. The molecule has 0 saturated heterocycles. The highest BCUT2D eigenvalue weighted by Gasteiger charge is 2.59. The van der Waals surface area contributed by atoms with Crippen molar-refractivity contribution in [2.24, 2.45) is 45.5 Å². The molecular formula is C35H42Cl2N10O. The molecule has 4 aliphatic carbocycles. The summed E-state index contributed by atoms with van der Waals surface area (Å²) in [6.45, 7) is 6.91. The first-order valence-electron chi connectivity index (χ1n) is 16.0. The van der Waals surface area contributed by atoms with E-state index in [1.165, 1.54) is 6.20 Å². The number of fused-ring (bicyclic) bond motifs is 2. The average molecular weight is 690 g/mol. The molecule has 0 spiro atoms. The van der Waals surface area contributed by atoms with Gasteiger partial charge in [0.15, 0.2) is 5.96 Å². The van der Waals surface area contributed by atoms with Crippen LogP contribution < -0.4 is 27.5 Å². The number of rotatable bonds is 9. The lowest BCUT2D eigenvalue weighted by atomic mass is 9.49. The molecule has 252 valence electrons. The Balaban J connectivity index is 1.55. The lowest BCUT2D eigenvalue weighted by molar-refractivity contribution is -0.124. The van der Waals surface area contributed by atoms with Gasteiger partial charge in [0, 0.05) is 66.4 Å². The summed E-state index contributed by atoms with van der Waals surface area (Å²) in [4.78, 5) is 25.6. The first-order chi connectivity index (χ1) is 22.8. The van der Waals surface area contributed by atoms with Gasteiger partial charge in [-0.1, -0.05) is 56.7 Å². The summed E-state index contributed by atoms with van der Waals surface area (Å²) >= 11 is 13.1. The van der Waals surface area contributed by atoms with E-state index >= 15 is 0 Å². The predicted octanol–water partition coefficient (Wildman–Crippen LogP) is 5.15. The van der Waals surface area contributed by atoms with Gasteiger partial charge >= 0.3 is 0 Å². The normalized spacial score (nSPS) is 25.5. The fourth-order valence-corrected chi connectivity index (χ4v) is 7.60. The van der Waals surface area contributed by atoms with Crippen LogP contribution >= 0.6 is 23.2 Å². The zero-order chi connectivity index (χ0) is 34.5. The third-order valence-corrected chi connectivity index (χ3v) is 10.3. The number of allylic oxidation sites excluding steroid dienone is 3. The molecule has 3 saturated carbocycles. The van der Waals surface area contributed by atoms with Gasteiger partial charge in [0.2, 0.25) is 0 Å². The van der Waals surface area contributed by atoms with Crippen molar-refractivity contribution in [2.45, 2.75) is 51.6 Å². The van der Waals surface area contributed by atoms with Crippen molar-refractivity contribution < 1.29 is 4.79 Å². The van der Waals surface area contributed by atoms with Gasteiger partial charge in [0.1, 0.15) is 12.1 Å². The third-order valence-electron chi connectivity index (χ3n) is 9.87. The Bertz CT molecular complexity index is 1820. The maximum atomic E-state index is 13.3. The molecule has 0 radical (unpaired) electrons. The molecule has 2 bridgehead atoms. The molecule has 5 aliphatic rings. The Labute approximate surface area is 291 Å². The Morgan fingerprint density at radius 1 is 1.29 bits per heavy atom. The monoisotopic (exact) mass is 688 g/mol. The van der Waals surface area contributed by atoms with Crippen LogP contribution in [0.25, 0.3) is 10.9 Å². The summed E-state index contributed by atoms with van der Waals surface area (Å²) in [5.74, 6) is 6.69. The summed E-state index contributed by atoms with van der Waals surface area (Å²) in [5.41, 5.74) is 16.8. The molecule has 3 atom stereocenters. The molecule has 7 rings (SSSR count). The number of halogens is 2. The maximum absolute atomic E-state index is 13.3. The number of pyridine rings is 1. The van der Waals surface area contributed by atoms with Gasteiger partial charge in [-0.15, -0.1) is 11.6 Å². The molecule has 1 aromatic heterocycles. The minimum atomic E-state index is -0.687. The standard InChI is InChI=1S/C35H42Cl2N10O/c1-34(2,3)18-43-29-21(15-38)16-42-30-26(29)10-22(11-27(30)37)47(33(40)44-19-36)31(28(39)17-46(41)35-12-20(13-35)14-35)24-6-5-7-25-23(24)8-9-45(4)32(25)48/h5-11,16-17,20,23-24,31H,12-14,18-19,39,41H2,1-4H3,(H2,40,44)(H,42,43)/b28-17-/t20?,23?,24?,31-,35?/m0/s1. The SMILES string of the molecule is CN1C=CC2C(=CC=CC2[C@@H](/C(N)=C/N(N)C23CC(C2)C3)N(/C(N)=N/CCl)c2cc(Cl)c3ncc(C#N)c(NCC(C)(C)C)c3c2)C1=O. The quantitative estimate of drug-likeness (QED) is 0.0696. The number of carbonyl (C=O) groups excluding carboxylic acids is 1. The summed E-state index contributed by atoms with van der Waals surface area (Å²) in [7, 11) is 1.73. The molecule has 2 aromatic rings. The molecule has 1 amide bonds. The van der Waals surface area contributed by atoms with Crippen molar-refractivity contribution in [3.8, 4) is 6.07 Å². The Hall–Kier alpha value is -4.24. The number of amides is 1. The van der Waals surface area contributed by atoms with Gasteiger partial charge in [-0.2, -0.15) is 5.26 Å². The van der Waals surface area contributed by atoms with E-state index in [-0.39, 0.29) is 40.7 Å². The Morgan fingerprint density at radius 3 is 2.65 bits per heavy atom. The van der Waals surface area contributed by atoms with Crippen LogP contribution in [0.5, 0.6) is 0 Å². The molecular weight excluding hydrogens is 647 g/mol. The molecule has 48 heavy (non-hydrogen) atoms. The van der Waals surface area contributed by atoms with E-state index in [9.17, 15) is 10.1 Å². The number of carbonyl (C=O) groups is 1. The fraction of sp³-hybridized carbons (Fsp3) is 0.429. The number of likely N-dealkylation sites (N-methyl/N-ethyl adjacent to an activating group) is 1. The van der Waals surface area contributed by atoms with Gasteiger partial charge in [-0.25, -0.2) is 10.8 Å². The number of hydrogen-bond donors (Lipinski definition) is 4. The fourth-order valence-electron chi connectivity index (χ4n) is 7.22. The zero-order valence-electron chi connectivity index (χ0n) is 27.6. The minimum absolute atomic E-state index is 0.0798. The van der Waals surface area contributed by atoms with Crippen LogP contribution in [0.2, 0.25) is 5.02 Å². The first-order valence-corrected chi connectivity index (χ1v) is 16.9. The van der Waals surface area contributed by atoms with Crippen LogP contribution in [-0.2, 0) is 4.79 Å². The Morgan fingerprint density at radius 2 is 2.02 bits per heavy atom. The molecule has 1 aromatic carbocycles. The van der Waals surface area contributed by atoms with Gasteiger partial charge in [-0.3, -0.25) is 9.78 Å². The number of alkyl halides is 1. The highest BCUT2D eigenvalue weighted by atomic mass is 35.5. The number of aromatic nitrogens is 1. The summed E-state index contributed by atoms with van der Waals surface area (Å²) < 4.78 is 0. The summed E-state index contributed by atoms with van der Waals surface area (Å²) in [6, 6.07) is 5.11. The predicted molar refractivity (Wildman–Crippen MR) is 193 cm³/mol. The zero-order valence-corrected chi connectivity index (χ0v) is 29.1. The maximum Gasteiger partial charge on any atom is 0.254 e. The molecule has 11 nitrogen and oxygen atoms in total.